The van der Waals surface area contributed by atoms with Crippen LogP contribution in [0.1, 0.15) is 56.5 Å². The minimum absolute atomic E-state index is 0.0206. The summed E-state index contributed by atoms with van der Waals surface area (Å²) >= 11 is 0. The van der Waals surface area contributed by atoms with Crippen LogP contribution in [0.3, 0.4) is 0 Å². The lowest BCUT2D eigenvalue weighted by atomic mass is 9.94. The molecule has 1 heterocycles. The highest BCUT2D eigenvalue weighted by molar-refractivity contribution is 5.46. The lowest BCUT2D eigenvalue weighted by Crippen LogP contribution is -2.15. The first-order valence-electron chi connectivity index (χ1n) is 8.25. The van der Waals surface area contributed by atoms with E-state index in [9.17, 15) is 0 Å². The summed E-state index contributed by atoms with van der Waals surface area (Å²) in [7, 11) is 0. The fraction of sp³-hybridized carbons (Fsp3) is 0.500. The molecule has 3 N–H and O–H groups in total. The number of H-pyrrole nitrogens is 1. The quantitative estimate of drug-likeness (QED) is 0.782. The number of nitrogens with zero attached hydrogens (tertiary/aromatic N) is 1. The highest BCUT2D eigenvalue weighted by Gasteiger charge is 2.20. The van der Waals surface area contributed by atoms with Crippen molar-refractivity contribution < 1.29 is 9.47 Å². The molecule has 0 aliphatic rings. The SMILES string of the molecule is CCOc1ccc(C(CN)c2cc(C(C)C)n[nH]2)c(OCC)c1. The maximum atomic E-state index is 6.05. The Bertz CT molecular complexity index is 622. The molecule has 23 heavy (non-hydrogen) atoms. The smallest absolute Gasteiger partial charge is 0.126 e. The number of hydrogen-bond donors (Lipinski definition) is 2. The number of nitrogens with one attached hydrogen (secondary N) is 1. The van der Waals surface area contributed by atoms with Gasteiger partial charge in [-0.25, -0.2) is 0 Å². The molecule has 0 saturated heterocycles. The van der Waals surface area contributed by atoms with Gasteiger partial charge in [0, 0.05) is 29.8 Å². The summed E-state index contributed by atoms with van der Waals surface area (Å²) in [5.41, 5.74) is 9.16. The molecule has 0 fully saturated rings. The van der Waals surface area contributed by atoms with E-state index in [1.54, 1.807) is 0 Å². The van der Waals surface area contributed by atoms with Gasteiger partial charge < -0.3 is 15.2 Å². The van der Waals surface area contributed by atoms with Gasteiger partial charge in [-0.2, -0.15) is 5.10 Å². The van der Waals surface area contributed by atoms with Gasteiger partial charge in [-0.05, 0) is 31.9 Å². The number of ether oxygens (including phenoxy) is 2. The molecule has 0 amide bonds. The molecule has 1 aromatic carbocycles. The van der Waals surface area contributed by atoms with Crippen LogP contribution < -0.4 is 15.2 Å². The average molecular weight is 317 g/mol. The van der Waals surface area contributed by atoms with Crippen molar-refractivity contribution in [3.8, 4) is 11.5 Å². The molecule has 0 aliphatic carbocycles. The van der Waals surface area contributed by atoms with Gasteiger partial charge >= 0.3 is 0 Å². The van der Waals surface area contributed by atoms with Crippen molar-refractivity contribution in [3.63, 3.8) is 0 Å². The lowest BCUT2D eigenvalue weighted by molar-refractivity contribution is 0.320. The van der Waals surface area contributed by atoms with Gasteiger partial charge in [0.2, 0.25) is 0 Å². The van der Waals surface area contributed by atoms with Crippen molar-refractivity contribution in [3.05, 3.63) is 41.2 Å². The van der Waals surface area contributed by atoms with E-state index in [1.165, 1.54) is 0 Å². The van der Waals surface area contributed by atoms with Crippen LogP contribution in [-0.2, 0) is 0 Å². The first-order chi connectivity index (χ1) is 11.1. The van der Waals surface area contributed by atoms with E-state index >= 15 is 0 Å². The van der Waals surface area contributed by atoms with Gasteiger partial charge in [-0.3, -0.25) is 5.10 Å². The van der Waals surface area contributed by atoms with Crippen LogP contribution in [0.4, 0.5) is 0 Å². The van der Waals surface area contributed by atoms with Crippen LogP contribution >= 0.6 is 0 Å². The Balaban J connectivity index is 2.38. The zero-order chi connectivity index (χ0) is 16.8. The molecule has 0 aliphatic heterocycles. The molecule has 5 nitrogen and oxygen atoms in total. The minimum atomic E-state index is 0.0206. The Morgan fingerprint density at radius 2 is 1.87 bits per heavy atom. The van der Waals surface area contributed by atoms with Crippen molar-refractivity contribution in [2.45, 2.75) is 39.5 Å². The zero-order valence-corrected chi connectivity index (χ0v) is 14.4. The molecule has 1 atom stereocenters. The van der Waals surface area contributed by atoms with Gasteiger partial charge in [0.05, 0.1) is 18.9 Å². The molecule has 0 saturated carbocycles. The average Bonchev–Trinajstić information content (AvgIpc) is 3.00. The molecular weight excluding hydrogens is 290 g/mol. The molecule has 5 heteroatoms. The summed E-state index contributed by atoms with van der Waals surface area (Å²) in [6, 6.07) is 8.02. The summed E-state index contributed by atoms with van der Waals surface area (Å²) in [5.74, 6) is 2.02. The van der Waals surface area contributed by atoms with Crippen LogP contribution in [0, 0.1) is 0 Å². The van der Waals surface area contributed by atoms with Crippen LogP contribution in [0.15, 0.2) is 24.3 Å². The fourth-order valence-corrected chi connectivity index (χ4v) is 2.59. The number of aromatic amines is 1. The summed E-state index contributed by atoms with van der Waals surface area (Å²) in [4.78, 5) is 0. The van der Waals surface area contributed by atoms with Crippen LogP contribution in [0.5, 0.6) is 11.5 Å². The highest BCUT2D eigenvalue weighted by atomic mass is 16.5. The third-order valence-corrected chi connectivity index (χ3v) is 3.79. The van der Waals surface area contributed by atoms with Crippen LogP contribution in [-0.4, -0.2) is 30.0 Å². The van der Waals surface area contributed by atoms with E-state index in [-0.39, 0.29) is 5.92 Å². The highest BCUT2D eigenvalue weighted by Crippen LogP contribution is 2.34. The predicted molar refractivity (Wildman–Crippen MR) is 92.4 cm³/mol. The molecule has 2 aromatic rings. The topological polar surface area (TPSA) is 73.2 Å². The van der Waals surface area contributed by atoms with Gasteiger partial charge in [0.25, 0.3) is 0 Å². The third kappa shape index (κ3) is 4.05. The fourth-order valence-electron chi connectivity index (χ4n) is 2.59. The normalized spacial score (nSPS) is 12.4. The van der Waals surface area contributed by atoms with Crippen LogP contribution in [0.2, 0.25) is 0 Å². The van der Waals surface area contributed by atoms with Crippen molar-refractivity contribution in [1.82, 2.24) is 10.2 Å². The molecule has 2 rings (SSSR count). The molecule has 1 aromatic heterocycles. The first-order valence-corrected chi connectivity index (χ1v) is 8.25. The van der Waals surface area contributed by atoms with Crippen molar-refractivity contribution in [2.24, 2.45) is 5.73 Å². The predicted octanol–water partition coefficient (Wildman–Crippen LogP) is 3.42. The van der Waals surface area contributed by atoms with Gasteiger partial charge in [0.15, 0.2) is 0 Å². The Morgan fingerprint density at radius 3 is 2.43 bits per heavy atom. The summed E-state index contributed by atoms with van der Waals surface area (Å²) in [6.45, 7) is 9.90. The van der Waals surface area contributed by atoms with E-state index in [0.29, 0.717) is 25.7 Å². The van der Waals surface area contributed by atoms with Crippen LogP contribution in [0.25, 0.3) is 0 Å². The largest absolute Gasteiger partial charge is 0.494 e. The maximum absolute atomic E-state index is 6.05. The molecule has 126 valence electrons. The maximum Gasteiger partial charge on any atom is 0.126 e. The minimum Gasteiger partial charge on any atom is -0.494 e. The molecule has 0 spiro atoms. The first kappa shape index (κ1) is 17.3. The Kier molecular flexibility index (Phi) is 6.04. The Hall–Kier alpha value is -2.01. The molecule has 0 bridgehead atoms. The molecule has 1 unspecified atom stereocenters. The van der Waals surface area contributed by atoms with Gasteiger partial charge in [0.1, 0.15) is 11.5 Å². The summed E-state index contributed by atoms with van der Waals surface area (Å²) in [6.07, 6.45) is 0. The van der Waals surface area contributed by atoms with E-state index < -0.39 is 0 Å². The summed E-state index contributed by atoms with van der Waals surface area (Å²) in [5, 5.41) is 7.52. The number of benzene rings is 1. The van der Waals surface area contributed by atoms with E-state index in [1.807, 2.05) is 32.0 Å². The standard InChI is InChI=1S/C18H27N3O2/c1-5-22-13-7-8-14(18(9-13)23-6-2)15(11-19)17-10-16(12(3)4)20-21-17/h7-10,12,15H,5-6,11,19H2,1-4H3,(H,20,21). The van der Waals surface area contributed by atoms with E-state index in [4.69, 9.17) is 15.2 Å². The number of hydrogen-bond acceptors (Lipinski definition) is 4. The Labute approximate surface area is 138 Å². The molecular formula is C18H27N3O2. The summed E-state index contributed by atoms with van der Waals surface area (Å²) < 4.78 is 11.4. The zero-order valence-electron chi connectivity index (χ0n) is 14.4. The van der Waals surface area contributed by atoms with E-state index in [0.717, 1.165) is 28.5 Å². The number of rotatable bonds is 8. The lowest BCUT2D eigenvalue weighted by Gasteiger charge is -2.19. The number of aromatic nitrogens is 2. The van der Waals surface area contributed by atoms with E-state index in [2.05, 4.69) is 30.1 Å². The third-order valence-electron chi connectivity index (χ3n) is 3.79. The van der Waals surface area contributed by atoms with Gasteiger partial charge in [-0.1, -0.05) is 19.9 Å². The van der Waals surface area contributed by atoms with Gasteiger partial charge in [-0.15, -0.1) is 0 Å². The van der Waals surface area contributed by atoms with Crippen molar-refractivity contribution in [1.29, 1.82) is 0 Å². The molecule has 0 radical (unpaired) electrons. The Morgan fingerprint density at radius 1 is 1.13 bits per heavy atom. The van der Waals surface area contributed by atoms with Crippen molar-refractivity contribution in [2.75, 3.05) is 19.8 Å². The second-order valence-electron chi connectivity index (χ2n) is 5.76. The number of nitrogens with two attached hydrogens (primary N) is 1. The second kappa shape index (κ2) is 8.02. The second-order valence-corrected chi connectivity index (χ2v) is 5.76. The monoisotopic (exact) mass is 317 g/mol. The van der Waals surface area contributed by atoms with Crippen molar-refractivity contribution >= 4 is 0 Å².